The van der Waals surface area contributed by atoms with Crippen molar-refractivity contribution in [2.75, 3.05) is 34.4 Å². The van der Waals surface area contributed by atoms with Crippen LogP contribution in [0, 0.1) is 0 Å². The van der Waals surface area contributed by atoms with Crippen LogP contribution in [0.4, 0.5) is 0 Å². The molecule has 9 heteroatoms. The second-order valence-electron chi connectivity index (χ2n) is 5.66. The predicted octanol–water partition coefficient (Wildman–Crippen LogP) is 1.50. The lowest BCUT2D eigenvalue weighted by Gasteiger charge is -2.17. The molecule has 26 heavy (non-hydrogen) atoms. The van der Waals surface area contributed by atoms with Gasteiger partial charge in [-0.3, -0.25) is 9.59 Å². The lowest BCUT2D eigenvalue weighted by Crippen LogP contribution is -2.39. The lowest BCUT2D eigenvalue weighted by molar-refractivity contribution is -0.137. The molecule has 0 bridgehead atoms. The summed E-state index contributed by atoms with van der Waals surface area (Å²) in [5.41, 5.74) is 0.115. The maximum atomic E-state index is 12.2. The Bertz CT molecular complexity index is 677. The summed E-state index contributed by atoms with van der Waals surface area (Å²) in [4.78, 5) is 36.5. The van der Waals surface area contributed by atoms with Gasteiger partial charge in [0.1, 0.15) is 0 Å². The normalized spacial score (nSPS) is 10.3. The number of likely N-dealkylation sites (N-methyl/N-ethyl adjacent to an activating group) is 2. The zero-order valence-corrected chi connectivity index (χ0v) is 16.2. The Morgan fingerprint density at radius 3 is 2.46 bits per heavy atom. The minimum Gasteiger partial charge on any atom is -0.493 e. The maximum Gasteiger partial charge on any atom is 0.338 e. The van der Waals surface area contributed by atoms with Crippen LogP contribution in [0.3, 0.4) is 0 Å². The number of carbonyl (C=O) groups excluding carboxylic acids is 3. The van der Waals surface area contributed by atoms with Crippen LogP contribution in [-0.2, 0) is 14.3 Å². The number of amides is 2. The summed E-state index contributed by atoms with van der Waals surface area (Å²) in [7, 11) is 4.32. The quantitative estimate of drug-likeness (QED) is 0.680. The van der Waals surface area contributed by atoms with E-state index in [2.05, 4.69) is 5.32 Å². The molecule has 0 spiro atoms. The molecule has 0 radical (unpaired) electrons. The number of ether oxygens (including phenoxy) is 3. The summed E-state index contributed by atoms with van der Waals surface area (Å²) >= 11 is 6.16. The highest BCUT2D eigenvalue weighted by Gasteiger charge is 2.19. The molecule has 0 heterocycles. The Labute approximate surface area is 157 Å². The van der Waals surface area contributed by atoms with Crippen LogP contribution < -0.4 is 14.8 Å². The molecule has 0 unspecified atom stereocenters. The van der Waals surface area contributed by atoms with E-state index in [0.29, 0.717) is 5.75 Å². The van der Waals surface area contributed by atoms with Gasteiger partial charge in [0.05, 0.1) is 30.3 Å². The molecule has 2 amide bonds. The van der Waals surface area contributed by atoms with E-state index in [9.17, 15) is 14.4 Å². The minimum atomic E-state index is -0.747. The molecular weight excluding hydrogens is 364 g/mol. The number of halogens is 1. The summed E-state index contributed by atoms with van der Waals surface area (Å²) in [5.74, 6) is -0.990. The number of nitrogens with one attached hydrogen (secondary N) is 1. The van der Waals surface area contributed by atoms with E-state index >= 15 is 0 Å². The number of carbonyl (C=O) groups is 3. The van der Waals surface area contributed by atoms with Crippen LogP contribution in [0.2, 0.25) is 5.02 Å². The van der Waals surface area contributed by atoms with E-state index in [1.54, 1.807) is 0 Å². The van der Waals surface area contributed by atoms with Crippen molar-refractivity contribution in [2.45, 2.75) is 20.0 Å². The fraction of sp³-hybridized carbons (Fsp3) is 0.471. The van der Waals surface area contributed by atoms with Gasteiger partial charge in [0.2, 0.25) is 5.91 Å². The highest BCUT2D eigenvalue weighted by molar-refractivity contribution is 6.32. The van der Waals surface area contributed by atoms with E-state index in [1.807, 2.05) is 13.8 Å². The molecule has 0 atom stereocenters. The highest BCUT2D eigenvalue weighted by Crippen LogP contribution is 2.37. The number of benzene rings is 1. The van der Waals surface area contributed by atoms with Crippen LogP contribution in [0.15, 0.2) is 12.1 Å². The zero-order valence-electron chi connectivity index (χ0n) is 15.4. The Morgan fingerprint density at radius 1 is 1.27 bits per heavy atom. The molecule has 144 valence electrons. The van der Waals surface area contributed by atoms with Gasteiger partial charge < -0.3 is 24.4 Å². The van der Waals surface area contributed by atoms with E-state index in [1.165, 1.54) is 33.3 Å². The van der Waals surface area contributed by atoms with Gasteiger partial charge in [0.25, 0.3) is 5.91 Å². The number of rotatable bonds is 8. The Balaban J connectivity index is 2.80. The summed E-state index contributed by atoms with van der Waals surface area (Å²) in [6.07, 6.45) is -0.132. The SMILES string of the molecule is CNC(=O)CN(C)C(=O)COC(=O)c1cc(Cl)c(OC(C)C)c(OC)c1. The molecule has 1 aromatic rings. The van der Waals surface area contributed by atoms with Gasteiger partial charge in [-0.05, 0) is 26.0 Å². The molecule has 0 aliphatic carbocycles. The number of esters is 1. The molecule has 1 N–H and O–H groups in total. The van der Waals surface area contributed by atoms with Gasteiger partial charge in [0, 0.05) is 14.1 Å². The first-order chi connectivity index (χ1) is 12.2. The van der Waals surface area contributed by atoms with Crippen LogP contribution >= 0.6 is 11.6 Å². The molecule has 1 aromatic carbocycles. The third kappa shape index (κ3) is 6.11. The number of hydrogen-bond donors (Lipinski definition) is 1. The van der Waals surface area contributed by atoms with Gasteiger partial charge in [-0.1, -0.05) is 11.6 Å². The average molecular weight is 387 g/mol. The summed E-state index contributed by atoms with van der Waals surface area (Å²) in [6, 6.07) is 2.80. The van der Waals surface area contributed by atoms with Gasteiger partial charge in [-0.25, -0.2) is 4.79 Å². The fourth-order valence-electron chi connectivity index (χ4n) is 1.89. The standard InChI is InChI=1S/C17H23ClN2O6/c1-10(2)26-16-12(18)6-11(7-13(16)24-5)17(23)25-9-15(22)20(4)8-14(21)19-3/h6-7,10H,8-9H2,1-5H3,(H,19,21). The van der Waals surface area contributed by atoms with Crippen molar-refractivity contribution in [3.63, 3.8) is 0 Å². The monoisotopic (exact) mass is 386 g/mol. The van der Waals surface area contributed by atoms with Gasteiger partial charge >= 0.3 is 5.97 Å². The number of hydrogen-bond acceptors (Lipinski definition) is 6. The van der Waals surface area contributed by atoms with Crippen LogP contribution in [0.25, 0.3) is 0 Å². The molecule has 0 fully saturated rings. The van der Waals surface area contributed by atoms with Crippen molar-refractivity contribution in [1.29, 1.82) is 0 Å². The molecule has 1 rings (SSSR count). The molecule has 0 aliphatic heterocycles. The summed E-state index contributed by atoms with van der Waals surface area (Å²) < 4.78 is 15.8. The number of methoxy groups -OCH3 is 1. The van der Waals surface area contributed by atoms with Gasteiger partial charge in [0.15, 0.2) is 18.1 Å². The van der Waals surface area contributed by atoms with Crippen molar-refractivity contribution in [1.82, 2.24) is 10.2 Å². The van der Waals surface area contributed by atoms with E-state index in [0.717, 1.165) is 4.90 Å². The lowest BCUT2D eigenvalue weighted by atomic mass is 10.2. The van der Waals surface area contributed by atoms with Crippen LogP contribution in [-0.4, -0.2) is 63.1 Å². The topological polar surface area (TPSA) is 94.2 Å². The van der Waals surface area contributed by atoms with Crippen LogP contribution in [0.1, 0.15) is 24.2 Å². The second kappa shape index (κ2) is 9.86. The molecule has 0 aliphatic rings. The smallest absolute Gasteiger partial charge is 0.338 e. The molecular formula is C17H23ClN2O6. The maximum absolute atomic E-state index is 12.2. The molecule has 0 aromatic heterocycles. The van der Waals surface area contributed by atoms with E-state index in [4.69, 9.17) is 25.8 Å². The van der Waals surface area contributed by atoms with Crippen molar-refractivity contribution in [2.24, 2.45) is 0 Å². The largest absolute Gasteiger partial charge is 0.493 e. The molecule has 8 nitrogen and oxygen atoms in total. The van der Waals surface area contributed by atoms with Crippen molar-refractivity contribution in [3.8, 4) is 11.5 Å². The van der Waals surface area contributed by atoms with E-state index in [-0.39, 0.29) is 34.9 Å². The van der Waals surface area contributed by atoms with Gasteiger partial charge in [-0.15, -0.1) is 0 Å². The molecule has 0 saturated heterocycles. The minimum absolute atomic E-state index is 0.115. The zero-order chi connectivity index (χ0) is 19.9. The first-order valence-electron chi connectivity index (χ1n) is 7.85. The predicted molar refractivity (Wildman–Crippen MR) is 95.8 cm³/mol. The summed E-state index contributed by atoms with van der Waals surface area (Å²) in [5, 5.41) is 2.59. The van der Waals surface area contributed by atoms with Crippen LogP contribution in [0.5, 0.6) is 11.5 Å². The molecule has 0 saturated carbocycles. The Morgan fingerprint density at radius 2 is 1.92 bits per heavy atom. The second-order valence-corrected chi connectivity index (χ2v) is 6.06. The Kier molecular flexibility index (Phi) is 8.18. The highest BCUT2D eigenvalue weighted by atomic mass is 35.5. The average Bonchev–Trinajstić information content (AvgIpc) is 2.59. The summed E-state index contributed by atoms with van der Waals surface area (Å²) in [6.45, 7) is 3.03. The Hall–Kier alpha value is -2.48. The number of nitrogens with zero attached hydrogens (tertiary/aromatic N) is 1. The van der Waals surface area contributed by atoms with Gasteiger partial charge in [-0.2, -0.15) is 0 Å². The van der Waals surface area contributed by atoms with Crippen molar-refractivity contribution >= 4 is 29.4 Å². The first-order valence-corrected chi connectivity index (χ1v) is 8.23. The first kappa shape index (κ1) is 21.6. The van der Waals surface area contributed by atoms with Crippen molar-refractivity contribution < 1.29 is 28.6 Å². The third-order valence-corrected chi connectivity index (χ3v) is 3.51. The third-order valence-electron chi connectivity index (χ3n) is 3.23. The van der Waals surface area contributed by atoms with Crippen molar-refractivity contribution in [3.05, 3.63) is 22.7 Å². The fourth-order valence-corrected chi connectivity index (χ4v) is 2.15. The van der Waals surface area contributed by atoms with E-state index < -0.39 is 18.5 Å².